The molecule has 0 amide bonds. The molecule has 0 radical (unpaired) electrons. The number of halogens is 3. The number of anilines is 2. The molecule has 0 bridgehead atoms. The minimum Gasteiger partial charge on any atom is -0.378 e. The van der Waals surface area contributed by atoms with Gasteiger partial charge in [0.15, 0.2) is 0 Å². The zero-order valence-electron chi connectivity index (χ0n) is 18.7. The highest BCUT2D eigenvalue weighted by Gasteiger charge is 2.33. The van der Waals surface area contributed by atoms with Gasteiger partial charge in [-0.25, -0.2) is 8.42 Å². The fourth-order valence-electron chi connectivity index (χ4n) is 4.07. The molecule has 3 heterocycles. The highest BCUT2D eigenvalue weighted by atomic mass is 32.2. The third-order valence-corrected chi connectivity index (χ3v) is 9.03. The van der Waals surface area contributed by atoms with E-state index in [0.29, 0.717) is 37.0 Å². The van der Waals surface area contributed by atoms with E-state index in [4.69, 9.17) is 4.74 Å². The number of alkyl halides is 3. The third-order valence-electron chi connectivity index (χ3n) is 5.80. The monoisotopic (exact) mass is 513 g/mol. The van der Waals surface area contributed by atoms with Crippen LogP contribution in [0.1, 0.15) is 24.8 Å². The summed E-state index contributed by atoms with van der Waals surface area (Å²) in [6, 6.07) is 9.25. The molecule has 0 unspecified atom stereocenters. The van der Waals surface area contributed by atoms with Crippen LogP contribution in [0, 0.1) is 6.92 Å². The molecule has 1 aliphatic rings. The number of fused-ring (bicyclic) bond motifs is 1. The SMILES string of the molecule is Cc1c(N(CCCCC(F)(F)F)S(=O)(=O)c2cnccc2N2CCOCC2)sc2ccccc12. The fraction of sp³-hybridized carbons (Fsp3) is 0.435. The van der Waals surface area contributed by atoms with Crippen LogP contribution in [0.4, 0.5) is 23.9 Å². The van der Waals surface area contributed by atoms with Crippen molar-refractivity contribution in [1.29, 1.82) is 0 Å². The number of pyridine rings is 1. The van der Waals surface area contributed by atoms with Gasteiger partial charge in [-0.15, -0.1) is 11.3 Å². The maximum absolute atomic E-state index is 14.0. The van der Waals surface area contributed by atoms with Crippen molar-refractivity contribution in [3.05, 3.63) is 48.3 Å². The minimum absolute atomic E-state index is 0.0459. The zero-order chi connectivity index (χ0) is 24.3. The van der Waals surface area contributed by atoms with Crippen LogP contribution in [0.3, 0.4) is 0 Å². The first-order chi connectivity index (χ1) is 16.2. The summed E-state index contributed by atoms with van der Waals surface area (Å²) in [5, 5.41) is 1.45. The average Bonchev–Trinajstić information content (AvgIpc) is 3.15. The lowest BCUT2D eigenvalue weighted by Gasteiger charge is -2.32. The number of unbranched alkanes of at least 4 members (excludes halogenated alkanes) is 1. The number of morpholine rings is 1. The van der Waals surface area contributed by atoms with Gasteiger partial charge >= 0.3 is 6.18 Å². The Morgan fingerprint density at radius 3 is 2.59 bits per heavy atom. The molecule has 1 aliphatic heterocycles. The Morgan fingerprint density at radius 1 is 1.15 bits per heavy atom. The molecule has 0 aliphatic carbocycles. The standard InChI is InChI=1S/C23H26F3N3O3S2/c1-17-18-6-2-3-7-20(18)33-22(17)29(11-5-4-9-23(24,25)26)34(30,31)21-16-27-10-8-19(21)28-12-14-32-15-13-28/h2-3,6-8,10,16H,4-5,9,11-15H2,1H3. The summed E-state index contributed by atoms with van der Waals surface area (Å²) in [5.74, 6) is 0. The molecule has 4 rings (SSSR count). The number of rotatable bonds is 8. The van der Waals surface area contributed by atoms with Crippen LogP contribution in [0.15, 0.2) is 47.6 Å². The van der Waals surface area contributed by atoms with Gasteiger partial charge in [-0.2, -0.15) is 13.2 Å². The summed E-state index contributed by atoms with van der Waals surface area (Å²) in [7, 11) is -4.10. The van der Waals surface area contributed by atoms with Crippen molar-refractivity contribution in [2.75, 3.05) is 42.1 Å². The molecule has 0 N–H and O–H groups in total. The first-order valence-corrected chi connectivity index (χ1v) is 13.3. The van der Waals surface area contributed by atoms with Crippen molar-refractivity contribution in [3.63, 3.8) is 0 Å². The molecule has 184 valence electrons. The molecule has 0 saturated carbocycles. The zero-order valence-corrected chi connectivity index (χ0v) is 20.3. The molecule has 6 nitrogen and oxygen atoms in total. The van der Waals surface area contributed by atoms with E-state index >= 15 is 0 Å². The highest BCUT2D eigenvalue weighted by Crippen LogP contribution is 2.41. The maximum Gasteiger partial charge on any atom is 0.389 e. The molecule has 1 aromatic carbocycles. The number of ether oxygens (including phenoxy) is 1. The summed E-state index contributed by atoms with van der Waals surface area (Å²) in [6.07, 6.45) is -2.42. The molecule has 1 saturated heterocycles. The van der Waals surface area contributed by atoms with E-state index in [2.05, 4.69) is 4.98 Å². The lowest BCUT2D eigenvalue weighted by atomic mass is 10.2. The molecule has 3 aromatic rings. The smallest absolute Gasteiger partial charge is 0.378 e. The van der Waals surface area contributed by atoms with E-state index in [9.17, 15) is 21.6 Å². The van der Waals surface area contributed by atoms with Crippen LogP contribution in [-0.2, 0) is 14.8 Å². The molecular formula is C23H26F3N3O3S2. The highest BCUT2D eigenvalue weighted by molar-refractivity contribution is 7.93. The number of aromatic nitrogens is 1. The molecule has 11 heteroatoms. The number of nitrogens with zero attached hydrogens (tertiary/aromatic N) is 3. The normalized spacial score (nSPS) is 15.1. The number of benzene rings is 1. The van der Waals surface area contributed by atoms with Gasteiger partial charge in [0.05, 0.1) is 18.9 Å². The van der Waals surface area contributed by atoms with Gasteiger partial charge in [0.2, 0.25) is 0 Å². The molecule has 34 heavy (non-hydrogen) atoms. The van der Waals surface area contributed by atoms with Gasteiger partial charge in [-0.1, -0.05) is 18.2 Å². The van der Waals surface area contributed by atoms with Crippen LogP contribution in [-0.4, -0.2) is 52.4 Å². The summed E-state index contributed by atoms with van der Waals surface area (Å²) in [5.41, 5.74) is 1.31. The lowest BCUT2D eigenvalue weighted by molar-refractivity contribution is -0.135. The van der Waals surface area contributed by atoms with Crippen LogP contribution in [0.5, 0.6) is 0 Å². The predicted molar refractivity (Wildman–Crippen MR) is 128 cm³/mol. The first-order valence-electron chi connectivity index (χ1n) is 11.0. The molecule has 1 fully saturated rings. The van der Waals surface area contributed by atoms with Gasteiger partial charge in [0, 0.05) is 43.1 Å². The topological polar surface area (TPSA) is 62.7 Å². The van der Waals surface area contributed by atoms with Crippen LogP contribution >= 0.6 is 11.3 Å². The minimum atomic E-state index is -4.27. The van der Waals surface area contributed by atoms with Gasteiger partial charge < -0.3 is 9.64 Å². The Morgan fingerprint density at radius 2 is 1.88 bits per heavy atom. The summed E-state index contributed by atoms with van der Waals surface area (Å²) in [6.45, 7) is 3.85. The molecule has 2 aromatic heterocycles. The Balaban J connectivity index is 1.74. The van der Waals surface area contributed by atoms with Gasteiger partial charge in [-0.3, -0.25) is 9.29 Å². The number of aryl methyl sites for hydroxylation is 1. The average molecular weight is 514 g/mol. The van der Waals surface area contributed by atoms with Crippen molar-refractivity contribution in [1.82, 2.24) is 4.98 Å². The van der Waals surface area contributed by atoms with Crippen molar-refractivity contribution >= 4 is 42.1 Å². The van der Waals surface area contributed by atoms with Crippen molar-refractivity contribution in [3.8, 4) is 0 Å². The maximum atomic E-state index is 14.0. The summed E-state index contributed by atoms with van der Waals surface area (Å²) < 4.78 is 73.8. The second-order valence-electron chi connectivity index (χ2n) is 8.12. The quantitative estimate of drug-likeness (QED) is 0.379. The van der Waals surface area contributed by atoms with Crippen molar-refractivity contribution in [2.45, 2.75) is 37.3 Å². The van der Waals surface area contributed by atoms with Crippen molar-refractivity contribution in [2.24, 2.45) is 0 Å². The second kappa shape index (κ2) is 10.1. The van der Waals surface area contributed by atoms with E-state index < -0.39 is 22.6 Å². The van der Waals surface area contributed by atoms with E-state index in [1.54, 1.807) is 12.3 Å². The van der Waals surface area contributed by atoms with Crippen molar-refractivity contribution < 1.29 is 26.3 Å². The number of sulfonamides is 1. The number of hydrogen-bond donors (Lipinski definition) is 0. The van der Waals surface area contributed by atoms with E-state index in [0.717, 1.165) is 15.6 Å². The fourth-order valence-corrected chi connectivity index (χ4v) is 7.23. The number of thiophene rings is 1. The Bertz CT molecular complexity index is 1240. The van der Waals surface area contributed by atoms with E-state index in [-0.39, 0.29) is 24.3 Å². The Kier molecular flexibility index (Phi) is 7.34. The summed E-state index contributed by atoms with van der Waals surface area (Å²) in [4.78, 5) is 6.06. The number of hydrogen-bond acceptors (Lipinski definition) is 6. The second-order valence-corrected chi connectivity index (χ2v) is 11.0. The van der Waals surface area contributed by atoms with Gasteiger partial charge in [0.1, 0.15) is 9.90 Å². The predicted octanol–water partition coefficient (Wildman–Crippen LogP) is 5.37. The van der Waals surface area contributed by atoms with Crippen LogP contribution < -0.4 is 9.21 Å². The molecular weight excluding hydrogens is 487 g/mol. The Labute approximate surface area is 201 Å². The summed E-state index contributed by atoms with van der Waals surface area (Å²) >= 11 is 1.33. The Hall–Kier alpha value is -2.37. The van der Waals surface area contributed by atoms with Gasteiger partial charge in [-0.05, 0) is 42.8 Å². The van der Waals surface area contributed by atoms with E-state index in [1.807, 2.05) is 36.1 Å². The largest absolute Gasteiger partial charge is 0.389 e. The van der Waals surface area contributed by atoms with E-state index in [1.165, 1.54) is 21.8 Å². The van der Waals surface area contributed by atoms with Crippen LogP contribution in [0.2, 0.25) is 0 Å². The van der Waals surface area contributed by atoms with Gasteiger partial charge in [0.25, 0.3) is 10.0 Å². The molecule has 0 atom stereocenters. The first kappa shape index (κ1) is 24.7. The molecule has 0 spiro atoms. The van der Waals surface area contributed by atoms with Crippen LogP contribution in [0.25, 0.3) is 10.1 Å². The third kappa shape index (κ3) is 5.31. The lowest BCUT2D eigenvalue weighted by Crippen LogP contribution is -2.39.